The lowest BCUT2D eigenvalue weighted by Gasteiger charge is -2.23. The molecular weight excluding hydrogens is 344 g/mol. The summed E-state index contributed by atoms with van der Waals surface area (Å²) in [5, 5.41) is 5.61. The van der Waals surface area contributed by atoms with E-state index in [2.05, 4.69) is 10.6 Å². The first-order valence-corrected chi connectivity index (χ1v) is 8.66. The van der Waals surface area contributed by atoms with Crippen molar-refractivity contribution >= 4 is 17.5 Å². The van der Waals surface area contributed by atoms with E-state index in [-0.39, 0.29) is 5.91 Å². The van der Waals surface area contributed by atoms with Crippen molar-refractivity contribution in [1.29, 1.82) is 0 Å². The van der Waals surface area contributed by atoms with E-state index in [9.17, 15) is 9.59 Å². The maximum atomic E-state index is 12.7. The monoisotopic (exact) mass is 370 g/mol. The number of carbonyl (C=O) groups is 2. The van der Waals surface area contributed by atoms with Crippen molar-refractivity contribution < 1.29 is 19.1 Å². The van der Waals surface area contributed by atoms with Gasteiger partial charge in [0.25, 0.3) is 0 Å². The van der Waals surface area contributed by atoms with Gasteiger partial charge in [-0.3, -0.25) is 9.59 Å². The van der Waals surface area contributed by atoms with Gasteiger partial charge in [0.05, 0.1) is 19.9 Å². The molecule has 6 nitrogen and oxygen atoms in total. The molecule has 0 saturated heterocycles. The third-order valence-electron chi connectivity index (χ3n) is 4.49. The number of anilines is 1. The lowest BCUT2D eigenvalue weighted by molar-refractivity contribution is -0.138. The number of benzene rings is 2. The second-order valence-electron chi connectivity index (χ2n) is 6.75. The number of amides is 2. The summed E-state index contributed by atoms with van der Waals surface area (Å²) in [6.07, 6.45) is 0. The van der Waals surface area contributed by atoms with Gasteiger partial charge < -0.3 is 20.1 Å². The lowest BCUT2D eigenvalue weighted by Crippen LogP contribution is -2.45. The summed E-state index contributed by atoms with van der Waals surface area (Å²) in [7, 11) is 3.05. The normalized spacial score (nSPS) is 10.9. The van der Waals surface area contributed by atoms with Crippen LogP contribution in [0.3, 0.4) is 0 Å². The van der Waals surface area contributed by atoms with Gasteiger partial charge in [0.15, 0.2) is 0 Å². The van der Waals surface area contributed by atoms with Crippen molar-refractivity contribution in [3.63, 3.8) is 0 Å². The Bertz CT molecular complexity index is 831. The summed E-state index contributed by atoms with van der Waals surface area (Å²) in [5.41, 5.74) is 1.32. The van der Waals surface area contributed by atoms with E-state index < -0.39 is 11.3 Å². The molecule has 2 aromatic carbocycles. The van der Waals surface area contributed by atoms with Crippen LogP contribution in [0.4, 0.5) is 5.69 Å². The Morgan fingerprint density at radius 2 is 1.70 bits per heavy atom. The molecule has 0 unspecified atom stereocenters. The molecule has 6 heteroatoms. The molecule has 2 N–H and O–H groups in total. The Morgan fingerprint density at radius 3 is 2.33 bits per heavy atom. The molecule has 0 bridgehead atoms. The fourth-order valence-electron chi connectivity index (χ4n) is 2.49. The summed E-state index contributed by atoms with van der Waals surface area (Å²) >= 11 is 0. The average molecular weight is 370 g/mol. The Labute approximate surface area is 159 Å². The first kappa shape index (κ1) is 20.3. The third-order valence-corrected chi connectivity index (χ3v) is 4.49. The van der Waals surface area contributed by atoms with Crippen LogP contribution in [-0.2, 0) is 16.1 Å². The second-order valence-corrected chi connectivity index (χ2v) is 6.75. The number of methoxy groups -OCH3 is 2. The highest BCUT2D eigenvalue weighted by molar-refractivity contribution is 6.10. The molecule has 0 radical (unpaired) electrons. The molecule has 0 heterocycles. The molecule has 0 aliphatic carbocycles. The SMILES string of the molecule is COc1ccc(NC(=O)C(C)(C)C(=O)NCc2ccccc2C)c(OC)c1. The zero-order valence-electron chi connectivity index (χ0n) is 16.4. The number of ether oxygens (including phenoxy) is 2. The van der Waals surface area contributed by atoms with E-state index >= 15 is 0 Å². The molecule has 0 aliphatic rings. The number of carbonyl (C=O) groups excluding carboxylic acids is 2. The molecule has 27 heavy (non-hydrogen) atoms. The maximum absolute atomic E-state index is 12.7. The first-order chi connectivity index (χ1) is 12.8. The zero-order valence-corrected chi connectivity index (χ0v) is 16.4. The molecular formula is C21H26N2O4. The van der Waals surface area contributed by atoms with Crippen molar-refractivity contribution in [1.82, 2.24) is 5.32 Å². The predicted octanol–water partition coefficient (Wildman–Crippen LogP) is 3.29. The molecule has 2 rings (SSSR count). The van der Waals surface area contributed by atoms with Crippen molar-refractivity contribution in [3.8, 4) is 11.5 Å². The minimum absolute atomic E-state index is 0.351. The predicted molar refractivity (Wildman–Crippen MR) is 105 cm³/mol. The quantitative estimate of drug-likeness (QED) is 0.733. The second kappa shape index (κ2) is 8.58. The molecule has 0 aromatic heterocycles. The first-order valence-electron chi connectivity index (χ1n) is 8.66. The highest BCUT2D eigenvalue weighted by Crippen LogP contribution is 2.30. The largest absolute Gasteiger partial charge is 0.497 e. The van der Waals surface area contributed by atoms with E-state index in [0.717, 1.165) is 11.1 Å². The highest BCUT2D eigenvalue weighted by atomic mass is 16.5. The number of hydrogen-bond donors (Lipinski definition) is 2. The number of nitrogens with one attached hydrogen (secondary N) is 2. The van der Waals surface area contributed by atoms with Crippen molar-refractivity contribution in [3.05, 3.63) is 53.6 Å². The minimum atomic E-state index is -1.26. The van der Waals surface area contributed by atoms with Gasteiger partial charge in [-0.05, 0) is 44.0 Å². The fourth-order valence-corrected chi connectivity index (χ4v) is 2.49. The molecule has 144 valence electrons. The summed E-state index contributed by atoms with van der Waals surface area (Å²) in [6.45, 7) is 5.53. The van der Waals surface area contributed by atoms with Crippen LogP contribution in [0.2, 0.25) is 0 Å². The van der Waals surface area contributed by atoms with Crippen molar-refractivity contribution in [2.45, 2.75) is 27.3 Å². The Kier molecular flexibility index (Phi) is 6.45. The van der Waals surface area contributed by atoms with Gasteiger partial charge in [0, 0.05) is 12.6 Å². The number of aryl methyl sites for hydroxylation is 1. The van der Waals surface area contributed by atoms with Gasteiger partial charge in [-0.1, -0.05) is 24.3 Å². The topological polar surface area (TPSA) is 76.7 Å². The summed E-state index contributed by atoms with van der Waals surface area (Å²) in [5.74, 6) is 0.294. The van der Waals surface area contributed by atoms with E-state index in [0.29, 0.717) is 23.7 Å². The standard InChI is InChI=1S/C21H26N2O4/c1-14-8-6-7-9-15(14)13-22-19(24)21(2,3)20(25)23-17-11-10-16(26-4)12-18(17)27-5/h6-12H,13H2,1-5H3,(H,22,24)(H,23,25). The molecule has 0 atom stereocenters. The van der Waals surface area contributed by atoms with Crippen LogP contribution < -0.4 is 20.1 Å². The minimum Gasteiger partial charge on any atom is -0.497 e. The molecule has 0 aliphatic heterocycles. The van der Waals surface area contributed by atoms with E-state index in [1.54, 1.807) is 39.2 Å². The lowest BCUT2D eigenvalue weighted by atomic mass is 9.90. The van der Waals surface area contributed by atoms with E-state index in [4.69, 9.17) is 9.47 Å². The van der Waals surface area contributed by atoms with Gasteiger partial charge in [-0.15, -0.1) is 0 Å². The van der Waals surface area contributed by atoms with E-state index in [1.807, 2.05) is 31.2 Å². The molecule has 0 spiro atoms. The van der Waals surface area contributed by atoms with Gasteiger partial charge in [0.2, 0.25) is 11.8 Å². The number of rotatable bonds is 7. The van der Waals surface area contributed by atoms with E-state index in [1.165, 1.54) is 7.11 Å². The summed E-state index contributed by atoms with van der Waals surface area (Å²) < 4.78 is 10.4. The van der Waals surface area contributed by atoms with Crippen LogP contribution in [0.25, 0.3) is 0 Å². The average Bonchev–Trinajstić information content (AvgIpc) is 2.67. The smallest absolute Gasteiger partial charge is 0.239 e. The van der Waals surface area contributed by atoms with Gasteiger partial charge >= 0.3 is 0 Å². The van der Waals surface area contributed by atoms with Crippen molar-refractivity contribution in [2.24, 2.45) is 5.41 Å². The van der Waals surface area contributed by atoms with Crippen LogP contribution in [-0.4, -0.2) is 26.0 Å². The number of hydrogen-bond acceptors (Lipinski definition) is 4. The van der Waals surface area contributed by atoms with Crippen LogP contribution in [0.15, 0.2) is 42.5 Å². The van der Waals surface area contributed by atoms with Crippen LogP contribution in [0, 0.1) is 12.3 Å². The Balaban J connectivity index is 2.07. The molecule has 0 saturated carbocycles. The van der Waals surface area contributed by atoms with Crippen LogP contribution in [0.5, 0.6) is 11.5 Å². The highest BCUT2D eigenvalue weighted by Gasteiger charge is 2.36. The van der Waals surface area contributed by atoms with Crippen LogP contribution in [0.1, 0.15) is 25.0 Å². The Hall–Kier alpha value is -3.02. The van der Waals surface area contributed by atoms with Crippen LogP contribution >= 0.6 is 0 Å². The third kappa shape index (κ3) is 4.78. The van der Waals surface area contributed by atoms with Crippen molar-refractivity contribution in [2.75, 3.05) is 19.5 Å². The van der Waals surface area contributed by atoms with Gasteiger partial charge in [0.1, 0.15) is 16.9 Å². The summed E-state index contributed by atoms with van der Waals surface area (Å²) in [4.78, 5) is 25.3. The van der Waals surface area contributed by atoms with Gasteiger partial charge in [-0.2, -0.15) is 0 Å². The Morgan fingerprint density at radius 1 is 1.00 bits per heavy atom. The maximum Gasteiger partial charge on any atom is 0.239 e. The van der Waals surface area contributed by atoms with Gasteiger partial charge in [-0.25, -0.2) is 0 Å². The zero-order chi connectivity index (χ0) is 20.0. The molecule has 0 fully saturated rings. The molecule has 2 aromatic rings. The molecule has 2 amide bonds. The fraction of sp³-hybridized carbons (Fsp3) is 0.333. The summed E-state index contributed by atoms with van der Waals surface area (Å²) in [6, 6.07) is 12.9.